The number of aromatic nitrogens is 2. The SMILES string of the molecule is CC(C)(Oc1ccc(Cl)cc1)C(=O)NCC(=O)Nc1cccc2c(=O)[nH][nH]c(=O)c12. The van der Waals surface area contributed by atoms with Gasteiger partial charge in [-0.25, -0.2) is 0 Å². The smallest absolute Gasteiger partial charge is 0.272 e. The molecule has 0 bridgehead atoms. The van der Waals surface area contributed by atoms with E-state index in [4.69, 9.17) is 16.3 Å². The Bertz CT molecular complexity index is 1210. The Labute approximate surface area is 175 Å². The van der Waals surface area contributed by atoms with Gasteiger partial charge < -0.3 is 15.4 Å². The molecule has 3 aromatic rings. The van der Waals surface area contributed by atoms with Gasteiger partial charge in [0.2, 0.25) is 5.91 Å². The summed E-state index contributed by atoms with van der Waals surface area (Å²) in [6, 6.07) is 11.0. The number of carbonyl (C=O) groups is 2. The van der Waals surface area contributed by atoms with Crippen molar-refractivity contribution in [1.29, 1.82) is 0 Å². The lowest BCUT2D eigenvalue weighted by molar-refractivity contribution is -0.135. The molecule has 3 rings (SSSR count). The van der Waals surface area contributed by atoms with Crippen molar-refractivity contribution in [3.05, 3.63) is 68.2 Å². The van der Waals surface area contributed by atoms with E-state index in [0.717, 1.165) is 0 Å². The van der Waals surface area contributed by atoms with Gasteiger partial charge in [0.15, 0.2) is 5.60 Å². The van der Waals surface area contributed by atoms with Gasteiger partial charge in [-0.1, -0.05) is 17.7 Å². The van der Waals surface area contributed by atoms with Crippen LogP contribution in [0, 0.1) is 0 Å². The Kier molecular flexibility index (Phi) is 5.93. The van der Waals surface area contributed by atoms with Crippen LogP contribution in [0.3, 0.4) is 0 Å². The summed E-state index contributed by atoms with van der Waals surface area (Å²) in [6.07, 6.45) is 0. The normalized spacial score (nSPS) is 11.2. The lowest BCUT2D eigenvalue weighted by atomic mass is 10.1. The molecule has 10 heteroatoms. The molecule has 0 atom stereocenters. The van der Waals surface area contributed by atoms with E-state index in [9.17, 15) is 19.2 Å². The van der Waals surface area contributed by atoms with Crippen molar-refractivity contribution < 1.29 is 14.3 Å². The van der Waals surface area contributed by atoms with Gasteiger partial charge in [-0.05, 0) is 50.2 Å². The van der Waals surface area contributed by atoms with E-state index in [2.05, 4.69) is 20.8 Å². The molecule has 1 aromatic heterocycles. The highest BCUT2D eigenvalue weighted by molar-refractivity contribution is 6.30. The van der Waals surface area contributed by atoms with Crippen LogP contribution in [0.4, 0.5) is 5.69 Å². The number of hydrogen-bond donors (Lipinski definition) is 4. The number of anilines is 1. The minimum atomic E-state index is -1.25. The number of carbonyl (C=O) groups excluding carboxylic acids is 2. The number of hydrogen-bond acceptors (Lipinski definition) is 5. The largest absolute Gasteiger partial charge is 0.478 e. The van der Waals surface area contributed by atoms with Crippen LogP contribution in [-0.2, 0) is 9.59 Å². The number of aromatic amines is 2. The van der Waals surface area contributed by atoms with Gasteiger partial charge in [-0.3, -0.25) is 29.4 Å². The van der Waals surface area contributed by atoms with Crippen molar-refractivity contribution >= 4 is 39.9 Å². The maximum atomic E-state index is 12.5. The first kappa shape index (κ1) is 21.1. The molecule has 0 spiro atoms. The Morgan fingerprint density at radius 3 is 2.40 bits per heavy atom. The molecule has 0 saturated heterocycles. The average molecular weight is 431 g/mol. The lowest BCUT2D eigenvalue weighted by Crippen LogP contribution is -2.48. The summed E-state index contributed by atoms with van der Waals surface area (Å²) >= 11 is 5.83. The van der Waals surface area contributed by atoms with Crippen molar-refractivity contribution in [2.45, 2.75) is 19.4 Å². The number of ether oxygens (including phenoxy) is 1. The monoisotopic (exact) mass is 430 g/mol. The van der Waals surface area contributed by atoms with Crippen LogP contribution < -0.4 is 26.5 Å². The molecule has 0 fully saturated rings. The molecule has 156 valence electrons. The van der Waals surface area contributed by atoms with E-state index >= 15 is 0 Å². The Balaban J connectivity index is 1.66. The Hall–Kier alpha value is -3.59. The summed E-state index contributed by atoms with van der Waals surface area (Å²) in [6.45, 7) is 2.76. The summed E-state index contributed by atoms with van der Waals surface area (Å²) in [5.41, 5.74) is -2.13. The molecular formula is C20H19ClN4O5. The topological polar surface area (TPSA) is 133 Å². The number of halogens is 1. The quantitative estimate of drug-likeness (QED) is 0.473. The van der Waals surface area contributed by atoms with Gasteiger partial charge in [0.25, 0.3) is 17.0 Å². The molecule has 0 radical (unpaired) electrons. The van der Waals surface area contributed by atoms with Gasteiger partial charge >= 0.3 is 0 Å². The number of nitrogens with one attached hydrogen (secondary N) is 4. The standard InChI is InChI=1S/C20H19ClN4O5/c1-20(2,30-12-8-6-11(21)7-9-12)19(29)22-10-15(26)23-14-5-3-4-13-16(14)18(28)25-24-17(13)27/h3-9H,10H2,1-2H3,(H,22,29)(H,23,26)(H,24,27)(H,25,28). The first-order valence-corrected chi connectivity index (χ1v) is 9.31. The zero-order valence-electron chi connectivity index (χ0n) is 16.2. The number of fused-ring (bicyclic) bond motifs is 1. The molecule has 1 heterocycles. The highest BCUT2D eigenvalue weighted by atomic mass is 35.5. The van der Waals surface area contributed by atoms with Crippen LogP contribution >= 0.6 is 11.6 Å². The first-order valence-electron chi connectivity index (χ1n) is 8.94. The molecule has 30 heavy (non-hydrogen) atoms. The predicted molar refractivity (Wildman–Crippen MR) is 113 cm³/mol. The van der Waals surface area contributed by atoms with E-state index in [1.165, 1.54) is 18.2 Å². The molecular weight excluding hydrogens is 412 g/mol. The maximum absolute atomic E-state index is 12.5. The zero-order valence-corrected chi connectivity index (χ0v) is 16.9. The van der Waals surface area contributed by atoms with Gasteiger partial charge in [-0.2, -0.15) is 0 Å². The van der Waals surface area contributed by atoms with E-state index in [1.54, 1.807) is 38.1 Å². The fourth-order valence-corrected chi connectivity index (χ4v) is 2.87. The molecule has 0 saturated carbocycles. The Morgan fingerprint density at radius 2 is 1.70 bits per heavy atom. The van der Waals surface area contributed by atoms with Crippen molar-refractivity contribution in [2.24, 2.45) is 0 Å². The average Bonchev–Trinajstić information content (AvgIpc) is 2.70. The molecule has 4 N–H and O–H groups in total. The second-order valence-corrected chi connectivity index (χ2v) is 7.37. The predicted octanol–water partition coefficient (Wildman–Crippen LogP) is 1.78. The lowest BCUT2D eigenvalue weighted by Gasteiger charge is -2.25. The third-order valence-electron chi connectivity index (χ3n) is 4.24. The third-order valence-corrected chi connectivity index (χ3v) is 4.49. The molecule has 0 aliphatic heterocycles. The van der Waals surface area contributed by atoms with E-state index in [-0.39, 0.29) is 23.0 Å². The Morgan fingerprint density at radius 1 is 1.03 bits per heavy atom. The molecule has 2 aromatic carbocycles. The molecule has 9 nitrogen and oxygen atoms in total. The first-order chi connectivity index (χ1) is 14.2. The highest BCUT2D eigenvalue weighted by Crippen LogP contribution is 2.21. The minimum Gasteiger partial charge on any atom is -0.478 e. The summed E-state index contributed by atoms with van der Waals surface area (Å²) < 4.78 is 5.67. The summed E-state index contributed by atoms with van der Waals surface area (Å²) in [7, 11) is 0. The maximum Gasteiger partial charge on any atom is 0.272 e. The van der Waals surface area contributed by atoms with E-state index in [1.807, 2.05) is 0 Å². The van der Waals surface area contributed by atoms with Crippen molar-refractivity contribution in [2.75, 3.05) is 11.9 Å². The molecule has 0 aliphatic rings. The number of amides is 2. The van der Waals surface area contributed by atoms with Crippen LogP contribution in [0.5, 0.6) is 5.75 Å². The van der Waals surface area contributed by atoms with Crippen LogP contribution in [0.15, 0.2) is 52.1 Å². The number of rotatable bonds is 6. The second kappa shape index (κ2) is 8.42. The third kappa shape index (κ3) is 4.69. The van der Waals surface area contributed by atoms with E-state index in [0.29, 0.717) is 10.8 Å². The van der Waals surface area contributed by atoms with Gasteiger partial charge in [0.05, 0.1) is 23.0 Å². The number of H-pyrrole nitrogens is 2. The highest BCUT2D eigenvalue weighted by Gasteiger charge is 2.30. The van der Waals surface area contributed by atoms with Crippen molar-refractivity contribution in [3.63, 3.8) is 0 Å². The minimum absolute atomic E-state index is 0.0485. The summed E-state index contributed by atoms with van der Waals surface area (Å²) in [4.78, 5) is 48.7. The van der Waals surface area contributed by atoms with Gasteiger partial charge in [0, 0.05) is 5.02 Å². The zero-order chi connectivity index (χ0) is 21.9. The van der Waals surface area contributed by atoms with Crippen LogP contribution in [-0.4, -0.2) is 34.2 Å². The summed E-state index contributed by atoms with van der Waals surface area (Å²) in [5, 5.41) is 10.2. The van der Waals surface area contributed by atoms with Crippen molar-refractivity contribution in [1.82, 2.24) is 15.5 Å². The van der Waals surface area contributed by atoms with Crippen LogP contribution in [0.2, 0.25) is 5.02 Å². The fourth-order valence-electron chi connectivity index (χ4n) is 2.75. The van der Waals surface area contributed by atoms with E-state index < -0.39 is 28.5 Å². The summed E-state index contributed by atoms with van der Waals surface area (Å²) in [5.74, 6) is -0.637. The van der Waals surface area contributed by atoms with Crippen LogP contribution in [0.25, 0.3) is 10.8 Å². The van der Waals surface area contributed by atoms with Gasteiger partial charge in [0.1, 0.15) is 5.75 Å². The second-order valence-electron chi connectivity index (χ2n) is 6.93. The van der Waals surface area contributed by atoms with Crippen molar-refractivity contribution in [3.8, 4) is 5.75 Å². The molecule has 2 amide bonds. The molecule has 0 aliphatic carbocycles. The fraction of sp³-hybridized carbons (Fsp3) is 0.200. The van der Waals surface area contributed by atoms with Gasteiger partial charge in [-0.15, -0.1) is 0 Å². The molecule has 0 unspecified atom stereocenters. The number of benzene rings is 2. The van der Waals surface area contributed by atoms with Crippen LogP contribution in [0.1, 0.15) is 13.8 Å².